The highest BCUT2D eigenvalue weighted by Crippen LogP contribution is 2.51. The van der Waals surface area contributed by atoms with E-state index in [1.807, 2.05) is 0 Å². The fourth-order valence-corrected chi connectivity index (χ4v) is 4.59. The lowest BCUT2D eigenvalue weighted by atomic mass is 9.58. The van der Waals surface area contributed by atoms with Crippen LogP contribution in [0.15, 0.2) is 60.8 Å². The third-order valence-corrected chi connectivity index (χ3v) is 6.58. The summed E-state index contributed by atoms with van der Waals surface area (Å²) in [6.45, 7) is 2.61. The van der Waals surface area contributed by atoms with Crippen molar-refractivity contribution in [2.45, 2.75) is 44.2 Å². The molecule has 1 unspecified atom stereocenters. The standard InChI is InChI=1S/C28H26F2N2O6/c1-16(32-26(34)24-25(37-17(2)33)22(36-3)13-15-31-24)27(35)38-23-12-14-28(23,18-4-8-20(29)9-5-18)19-6-10-21(30)11-7-19/h4-11,13,15-16,23H,12,14H2,1-3H3,(H,32,34)/t16-,23?/m0/s1. The monoisotopic (exact) mass is 524 g/mol. The topological polar surface area (TPSA) is 104 Å². The molecule has 2 aromatic carbocycles. The minimum atomic E-state index is -1.10. The van der Waals surface area contributed by atoms with Crippen molar-refractivity contribution in [2.75, 3.05) is 7.11 Å². The van der Waals surface area contributed by atoms with Crippen LogP contribution in [0.1, 0.15) is 48.3 Å². The van der Waals surface area contributed by atoms with Gasteiger partial charge < -0.3 is 19.5 Å². The average Bonchev–Trinajstić information content (AvgIpc) is 2.88. The number of methoxy groups -OCH3 is 1. The fraction of sp³-hybridized carbons (Fsp3) is 0.286. The second-order valence-corrected chi connectivity index (χ2v) is 8.93. The summed E-state index contributed by atoms with van der Waals surface area (Å²) in [6.07, 6.45) is 1.76. The second-order valence-electron chi connectivity index (χ2n) is 8.93. The average molecular weight is 525 g/mol. The number of hydrogen-bond donors (Lipinski definition) is 1. The van der Waals surface area contributed by atoms with Gasteiger partial charge in [-0.25, -0.2) is 18.6 Å². The lowest BCUT2D eigenvalue weighted by molar-refractivity contribution is -0.160. The maximum atomic E-state index is 13.7. The van der Waals surface area contributed by atoms with Gasteiger partial charge in [-0.2, -0.15) is 0 Å². The largest absolute Gasteiger partial charge is 0.493 e. The predicted octanol–water partition coefficient (Wildman–Crippen LogP) is 4.10. The van der Waals surface area contributed by atoms with Gasteiger partial charge in [0.1, 0.15) is 23.8 Å². The van der Waals surface area contributed by atoms with Crippen LogP contribution in [-0.2, 0) is 19.7 Å². The van der Waals surface area contributed by atoms with E-state index in [2.05, 4.69) is 10.3 Å². The van der Waals surface area contributed by atoms with Crippen molar-refractivity contribution in [3.8, 4) is 11.5 Å². The first kappa shape index (κ1) is 26.7. The van der Waals surface area contributed by atoms with E-state index in [4.69, 9.17) is 14.2 Å². The molecule has 1 saturated carbocycles. The minimum absolute atomic E-state index is 0.119. The molecule has 1 aliphatic rings. The van der Waals surface area contributed by atoms with E-state index in [1.54, 1.807) is 24.3 Å². The molecular formula is C28H26F2N2O6. The number of esters is 2. The zero-order valence-corrected chi connectivity index (χ0v) is 21.0. The summed E-state index contributed by atoms with van der Waals surface area (Å²) in [6, 6.07) is 12.1. The highest BCUT2D eigenvalue weighted by molar-refractivity contribution is 5.98. The summed E-state index contributed by atoms with van der Waals surface area (Å²) >= 11 is 0. The van der Waals surface area contributed by atoms with Gasteiger partial charge in [-0.3, -0.25) is 9.59 Å². The summed E-state index contributed by atoms with van der Waals surface area (Å²) < 4.78 is 43.4. The molecule has 38 heavy (non-hydrogen) atoms. The highest BCUT2D eigenvalue weighted by Gasteiger charge is 2.52. The number of benzene rings is 2. The van der Waals surface area contributed by atoms with Crippen LogP contribution in [0.4, 0.5) is 8.78 Å². The number of nitrogens with one attached hydrogen (secondary N) is 1. The van der Waals surface area contributed by atoms with Gasteiger partial charge in [0.2, 0.25) is 5.75 Å². The normalized spacial score (nSPS) is 16.5. The van der Waals surface area contributed by atoms with Crippen LogP contribution in [0.25, 0.3) is 0 Å². The Kier molecular flexibility index (Phi) is 7.70. The van der Waals surface area contributed by atoms with Gasteiger partial charge >= 0.3 is 11.9 Å². The first-order valence-electron chi connectivity index (χ1n) is 11.9. The van der Waals surface area contributed by atoms with Gasteiger partial charge in [0, 0.05) is 19.2 Å². The number of carbonyl (C=O) groups is 3. The third-order valence-electron chi connectivity index (χ3n) is 6.58. The quantitative estimate of drug-likeness (QED) is 0.443. The molecule has 0 aliphatic heterocycles. The molecule has 2 atom stereocenters. The van der Waals surface area contributed by atoms with Crippen molar-refractivity contribution < 1.29 is 37.4 Å². The Balaban J connectivity index is 1.54. The summed E-state index contributed by atoms with van der Waals surface area (Å²) in [5.41, 5.74) is 0.392. The molecular weight excluding hydrogens is 498 g/mol. The molecule has 4 rings (SSSR count). The lowest BCUT2D eigenvalue weighted by Crippen LogP contribution is -2.54. The number of carbonyl (C=O) groups excluding carboxylic acids is 3. The number of amides is 1. The van der Waals surface area contributed by atoms with Crippen LogP contribution in [0.5, 0.6) is 11.5 Å². The van der Waals surface area contributed by atoms with E-state index in [0.717, 1.165) is 11.1 Å². The molecule has 0 radical (unpaired) electrons. The maximum Gasteiger partial charge on any atom is 0.328 e. The Hall–Kier alpha value is -4.34. The van der Waals surface area contributed by atoms with E-state index in [-0.39, 0.29) is 17.2 Å². The number of nitrogens with zero attached hydrogens (tertiary/aromatic N) is 1. The van der Waals surface area contributed by atoms with Gasteiger partial charge in [0.25, 0.3) is 5.91 Å². The summed E-state index contributed by atoms with van der Waals surface area (Å²) in [5.74, 6) is -3.05. The Bertz CT molecular complexity index is 1300. The molecule has 198 valence electrons. The van der Waals surface area contributed by atoms with Crippen molar-refractivity contribution >= 4 is 17.8 Å². The molecule has 0 saturated heterocycles. The van der Waals surface area contributed by atoms with E-state index in [1.165, 1.54) is 57.5 Å². The smallest absolute Gasteiger partial charge is 0.328 e. The molecule has 3 aromatic rings. The van der Waals surface area contributed by atoms with E-state index >= 15 is 0 Å². The first-order valence-corrected chi connectivity index (χ1v) is 11.9. The molecule has 1 aliphatic carbocycles. The second kappa shape index (κ2) is 11.0. The predicted molar refractivity (Wildman–Crippen MR) is 132 cm³/mol. The molecule has 1 heterocycles. The SMILES string of the molecule is COc1ccnc(C(=O)N[C@@H](C)C(=O)OC2CCC2(c2ccc(F)cc2)c2ccc(F)cc2)c1OC(C)=O. The van der Waals surface area contributed by atoms with E-state index < -0.39 is 47.0 Å². The number of ether oxygens (including phenoxy) is 3. The Morgan fingerprint density at radius 2 is 1.58 bits per heavy atom. The maximum absolute atomic E-state index is 13.7. The summed E-state index contributed by atoms with van der Waals surface area (Å²) in [7, 11) is 1.34. The number of hydrogen-bond acceptors (Lipinski definition) is 7. The van der Waals surface area contributed by atoms with Crippen molar-refractivity contribution in [3.05, 3.63) is 89.2 Å². The molecule has 1 fully saturated rings. The molecule has 1 aromatic heterocycles. The van der Waals surface area contributed by atoms with Crippen molar-refractivity contribution in [1.82, 2.24) is 10.3 Å². The molecule has 0 spiro atoms. The number of aromatic nitrogens is 1. The third kappa shape index (κ3) is 5.20. The van der Waals surface area contributed by atoms with Crippen molar-refractivity contribution in [2.24, 2.45) is 0 Å². The summed E-state index contributed by atoms with van der Waals surface area (Å²) in [5, 5.41) is 2.51. The van der Waals surface area contributed by atoms with Crippen LogP contribution in [0, 0.1) is 11.6 Å². The molecule has 10 heteroatoms. The first-order chi connectivity index (χ1) is 18.1. The van der Waals surface area contributed by atoms with Gasteiger partial charge in [0.15, 0.2) is 11.4 Å². The summed E-state index contributed by atoms with van der Waals surface area (Å²) in [4.78, 5) is 41.5. The highest BCUT2D eigenvalue weighted by atomic mass is 19.1. The van der Waals surface area contributed by atoms with Crippen molar-refractivity contribution in [3.63, 3.8) is 0 Å². The number of halogens is 2. The minimum Gasteiger partial charge on any atom is -0.493 e. The van der Waals surface area contributed by atoms with Crippen molar-refractivity contribution in [1.29, 1.82) is 0 Å². The number of pyridine rings is 1. The van der Waals surface area contributed by atoms with Gasteiger partial charge in [0.05, 0.1) is 12.5 Å². The van der Waals surface area contributed by atoms with Crippen LogP contribution < -0.4 is 14.8 Å². The molecule has 1 N–H and O–H groups in total. The van der Waals surface area contributed by atoms with E-state index in [0.29, 0.717) is 12.8 Å². The van der Waals surface area contributed by atoms with Gasteiger partial charge in [-0.05, 0) is 55.2 Å². The molecule has 1 amide bonds. The van der Waals surface area contributed by atoms with Gasteiger partial charge in [-0.15, -0.1) is 0 Å². The Labute approximate surface area is 217 Å². The fourth-order valence-electron chi connectivity index (χ4n) is 4.59. The zero-order chi connectivity index (χ0) is 27.4. The Morgan fingerprint density at radius 3 is 2.05 bits per heavy atom. The Morgan fingerprint density at radius 1 is 1.00 bits per heavy atom. The van der Waals surface area contributed by atoms with Crippen LogP contribution >= 0.6 is 0 Å². The van der Waals surface area contributed by atoms with E-state index in [9.17, 15) is 23.2 Å². The lowest BCUT2D eigenvalue weighted by Gasteiger charge is -2.49. The van der Waals surface area contributed by atoms with Gasteiger partial charge in [-0.1, -0.05) is 24.3 Å². The molecule has 0 bridgehead atoms. The zero-order valence-electron chi connectivity index (χ0n) is 21.0. The molecule has 8 nitrogen and oxygen atoms in total. The number of rotatable bonds is 8. The van der Waals surface area contributed by atoms with Crippen LogP contribution in [0.2, 0.25) is 0 Å². The van der Waals surface area contributed by atoms with Crippen LogP contribution in [-0.4, -0.2) is 42.1 Å². The van der Waals surface area contributed by atoms with Crippen LogP contribution in [0.3, 0.4) is 0 Å².